The van der Waals surface area contributed by atoms with E-state index in [1.165, 1.54) is 21.6 Å². The van der Waals surface area contributed by atoms with E-state index in [4.69, 9.17) is 0 Å². The van der Waals surface area contributed by atoms with E-state index in [9.17, 15) is 4.79 Å². The molecule has 0 spiro atoms. The molecule has 0 amide bonds. The summed E-state index contributed by atoms with van der Waals surface area (Å²) >= 11 is 1.73. The molecule has 2 aromatic rings. The van der Waals surface area contributed by atoms with Gasteiger partial charge in [-0.05, 0) is 50.5 Å². The van der Waals surface area contributed by atoms with Gasteiger partial charge in [-0.3, -0.25) is 4.79 Å². The van der Waals surface area contributed by atoms with Crippen molar-refractivity contribution in [2.45, 2.75) is 34.1 Å². The first-order chi connectivity index (χ1) is 13.0. The highest BCUT2D eigenvalue weighted by Crippen LogP contribution is 2.38. The standard InChI is InChI=1S/C23H24N2OS/c1-6-20(17(4)25-12-11-19(14-26)13-15(25)2)21-9-7-8-10-22(21)23-16(3)24-18(5)27-23/h7-14H,2,6H2,1,3-5H3/b20-17+. The van der Waals surface area contributed by atoms with Gasteiger partial charge >= 0.3 is 0 Å². The molecule has 27 heavy (non-hydrogen) atoms. The van der Waals surface area contributed by atoms with Crippen molar-refractivity contribution in [3.05, 3.63) is 82.4 Å². The van der Waals surface area contributed by atoms with E-state index in [2.05, 4.69) is 56.6 Å². The Morgan fingerprint density at radius 2 is 2.04 bits per heavy atom. The van der Waals surface area contributed by atoms with Gasteiger partial charge in [0, 0.05) is 28.7 Å². The molecule has 3 rings (SSSR count). The van der Waals surface area contributed by atoms with Crippen LogP contribution in [0.3, 0.4) is 0 Å². The maximum Gasteiger partial charge on any atom is 0.150 e. The summed E-state index contributed by atoms with van der Waals surface area (Å²) < 4.78 is 0. The van der Waals surface area contributed by atoms with Gasteiger partial charge in [0.05, 0.1) is 15.6 Å². The van der Waals surface area contributed by atoms with Crippen LogP contribution >= 0.6 is 11.3 Å². The molecule has 3 nitrogen and oxygen atoms in total. The molecule has 0 radical (unpaired) electrons. The van der Waals surface area contributed by atoms with E-state index in [0.29, 0.717) is 5.57 Å². The SMILES string of the molecule is C=C1C=C(C=O)C=CN1/C(C)=C(\CC)c1ccccc1-c1sc(C)nc1C. The van der Waals surface area contributed by atoms with Crippen molar-refractivity contribution in [1.29, 1.82) is 0 Å². The van der Waals surface area contributed by atoms with Crippen molar-refractivity contribution in [3.8, 4) is 10.4 Å². The summed E-state index contributed by atoms with van der Waals surface area (Å²) in [7, 11) is 0. The Balaban J connectivity index is 2.12. The van der Waals surface area contributed by atoms with Gasteiger partial charge in [0.25, 0.3) is 0 Å². The number of nitrogens with zero attached hydrogens (tertiary/aromatic N) is 2. The zero-order valence-electron chi connectivity index (χ0n) is 16.2. The molecular formula is C23H24N2OS. The predicted octanol–water partition coefficient (Wildman–Crippen LogP) is 6.04. The Bertz CT molecular complexity index is 992. The van der Waals surface area contributed by atoms with Crippen LogP contribution in [0.25, 0.3) is 16.0 Å². The normalized spacial score (nSPS) is 14.9. The quantitative estimate of drug-likeness (QED) is 0.597. The summed E-state index contributed by atoms with van der Waals surface area (Å²) in [6.07, 6.45) is 7.29. The summed E-state index contributed by atoms with van der Waals surface area (Å²) in [6, 6.07) is 8.50. The smallest absolute Gasteiger partial charge is 0.150 e. The van der Waals surface area contributed by atoms with Crippen LogP contribution in [-0.4, -0.2) is 16.2 Å². The minimum absolute atomic E-state index is 0.637. The molecule has 1 aromatic heterocycles. The highest BCUT2D eigenvalue weighted by Gasteiger charge is 2.18. The van der Waals surface area contributed by atoms with Gasteiger partial charge in [-0.1, -0.05) is 37.8 Å². The lowest BCUT2D eigenvalue weighted by molar-refractivity contribution is -0.104. The fourth-order valence-corrected chi connectivity index (χ4v) is 4.44. The number of thiazole rings is 1. The molecule has 0 N–H and O–H groups in total. The van der Waals surface area contributed by atoms with Gasteiger partial charge in [-0.15, -0.1) is 11.3 Å². The molecule has 2 heterocycles. The summed E-state index contributed by atoms with van der Waals surface area (Å²) in [5.41, 5.74) is 7.31. The fourth-order valence-electron chi connectivity index (χ4n) is 3.48. The molecule has 0 bridgehead atoms. The van der Waals surface area contributed by atoms with Crippen molar-refractivity contribution in [1.82, 2.24) is 9.88 Å². The van der Waals surface area contributed by atoms with Gasteiger partial charge in [0.1, 0.15) is 6.29 Å². The molecule has 1 aromatic carbocycles. The Labute approximate surface area is 165 Å². The van der Waals surface area contributed by atoms with Crippen molar-refractivity contribution >= 4 is 23.2 Å². The zero-order chi connectivity index (χ0) is 19.6. The van der Waals surface area contributed by atoms with Crippen LogP contribution in [0.4, 0.5) is 0 Å². The maximum atomic E-state index is 11.0. The Morgan fingerprint density at radius 3 is 2.63 bits per heavy atom. The van der Waals surface area contributed by atoms with E-state index in [-0.39, 0.29) is 0 Å². The van der Waals surface area contributed by atoms with E-state index >= 15 is 0 Å². The van der Waals surface area contributed by atoms with Crippen LogP contribution < -0.4 is 0 Å². The lowest BCUT2D eigenvalue weighted by Gasteiger charge is -2.27. The predicted molar refractivity (Wildman–Crippen MR) is 114 cm³/mol. The Kier molecular flexibility index (Phi) is 5.57. The summed E-state index contributed by atoms with van der Waals surface area (Å²) in [6.45, 7) is 12.5. The third-order valence-corrected chi connectivity index (χ3v) is 5.85. The van der Waals surface area contributed by atoms with Gasteiger partial charge in [0.2, 0.25) is 0 Å². The molecular weight excluding hydrogens is 352 g/mol. The highest BCUT2D eigenvalue weighted by atomic mass is 32.1. The second kappa shape index (κ2) is 7.89. The van der Waals surface area contributed by atoms with Gasteiger partial charge in [-0.25, -0.2) is 4.98 Å². The average molecular weight is 377 g/mol. The lowest BCUT2D eigenvalue weighted by atomic mass is 9.94. The summed E-state index contributed by atoms with van der Waals surface area (Å²) in [5, 5.41) is 1.08. The van der Waals surface area contributed by atoms with Crippen molar-refractivity contribution in [2.24, 2.45) is 0 Å². The number of aryl methyl sites for hydroxylation is 2. The van der Waals surface area contributed by atoms with E-state index in [1.54, 1.807) is 11.3 Å². The minimum atomic E-state index is 0.637. The minimum Gasteiger partial charge on any atom is -0.321 e. The number of allylic oxidation sites excluding steroid dienone is 5. The first-order valence-corrected chi connectivity index (χ1v) is 9.84. The summed E-state index contributed by atoms with van der Waals surface area (Å²) in [5.74, 6) is 0. The molecule has 4 heteroatoms. The Hall–Kier alpha value is -2.72. The van der Waals surface area contributed by atoms with Crippen LogP contribution in [0.1, 0.15) is 36.5 Å². The first-order valence-electron chi connectivity index (χ1n) is 9.03. The average Bonchev–Trinajstić information content (AvgIpc) is 3.00. The molecule has 1 aliphatic rings. The van der Waals surface area contributed by atoms with Gasteiger partial charge in [0.15, 0.2) is 0 Å². The highest BCUT2D eigenvalue weighted by molar-refractivity contribution is 7.15. The Morgan fingerprint density at radius 1 is 1.30 bits per heavy atom. The van der Waals surface area contributed by atoms with E-state index in [1.807, 2.05) is 30.2 Å². The van der Waals surface area contributed by atoms with Gasteiger partial charge < -0.3 is 4.90 Å². The van der Waals surface area contributed by atoms with E-state index < -0.39 is 0 Å². The zero-order valence-corrected chi connectivity index (χ0v) is 17.1. The molecule has 0 saturated heterocycles. The van der Waals surface area contributed by atoms with Crippen molar-refractivity contribution in [2.75, 3.05) is 0 Å². The number of aldehydes is 1. The molecule has 138 valence electrons. The monoisotopic (exact) mass is 376 g/mol. The van der Waals surface area contributed by atoms with Crippen LogP contribution in [0, 0.1) is 13.8 Å². The maximum absolute atomic E-state index is 11.0. The largest absolute Gasteiger partial charge is 0.321 e. The van der Waals surface area contributed by atoms with Crippen molar-refractivity contribution < 1.29 is 4.79 Å². The number of hydrogen-bond acceptors (Lipinski definition) is 4. The van der Waals surface area contributed by atoms with Crippen molar-refractivity contribution in [3.63, 3.8) is 0 Å². The topological polar surface area (TPSA) is 33.2 Å². The third-order valence-electron chi connectivity index (χ3n) is 4.75. The number of aromatic nitrogens is 1. The molecule has 0 fully saturated rings. The molecule has 0 aliphatic carbocycles. The van der Waals surface area contributed by atoms with Crippen LogP contribution in [0.15, 0.2) is 66.2 Å². The number of carbonyl (C=O) groups is 1. The second-order valence-electron chi connectivity index (χ2n) is 6.55. The van der Waals surface area contributed by atoms with Gasteiger partial charge in [-0.2, -0.15) is 0 Å². The molecule has 1 aliphatic heterocycles. The molecule has 0 unspecified atom stereocenters. The number of rotatable bonds is 5. The number of hydrogen-bond donors (Lipinski definition) is 0. The van der Waals surface area contributed by atoms with Crippen LogP contribution in [0.2, 0.25) is 0 Å². The molecule has 0 atom stereocenters. The molecule has 0 saturated carbocycles. The number of benzene rings is 1. The fraction of sp³-hybridized carbons (Fsp3) is 0.217. The van der Waals surface area contributed by atoms with Crippen LogP contribution in [0.5, 0.6) is 0 Å². The van der Waals surface area contributed by atoms with Crippen LogP contribution in [-0.2, 0) is 4.79 Å². The van der Waals surface area contributed by atoms with E-state index in [0.717, 1.165) is 34.8 Å². The number of carbonyl (C=O) groups excluding carboxylic acids is 1. The second-order valence-corrected chi connectivity index (χ2v) is 7.75. The summed E-state index contributed by atoms with van der Waals surface area (Å²) in [4.78, 5) is 18.9. The first kappa shape index (κ1) is 19.1. The lowest BCUT2D eigenvalue weighted by Crippen LogP contribution is -2.17. The third kappa shape index (κ3) is 3.71.